The number of nitrogens with zero attached hydrogens (tertiary/aromatic N) is 1. The topological polar surface area (TPSA) is 127 Å². The zero-order chi connectivity index (χ0) is 29.6. The van der Waals surface area contributed by atoms with Crippen LogP contribution in [0.5, 0.6) is 0 Å². The highest BCUT2D eigenvalue weighted by Gasteiger charge is 2.45. The van der Waals surface area contributed by atoms with E-state index < -0.39 is 41.8 Å². The maximum atomic E-state index is 14.0. The Kier molecular flexibility index (Phi) is 12.4. The highest BCUT2D eigenvalue weighted by atomic mass is 16.6. The molecule has 0 radical (unpaired) electrons. The molecule has 1 aliphatic heterocycles. The fourth-order valence-electron chi connectivity index (χ4n) is 4.77. The Hall–Kier alpha value is -4.11. The molecular weight excluding hydrogens is 526 g/mol. The van der Waals surface area contributed by atoms with Crippen molar-refractivity contribution >= 4 is 29.5 Å². The molecule has 1 heterocycles. The number of allylic oxidation sites excluding steroid dienone is 1. The Bertz CT molecular complexity index is 1210. The predicted octanol–water partition coefficient (Wildman–Crippen LogP) is 4.00. The lowest BCUT2D eigenvalue weighted by Gasteiger charge is -2.29. The van der Waals surface area contributed by atoms with Crippen LogP contribution in [0, 0.1) is 5.92 Å². The van der Waals surface area contributed by atoms with Crippen LogP contribution in [0.3, 0.4) is 0 Å². The van der Waals surface area contributed by atoms with E-state index in [1.165, 1.54) is 0 Å². The average molecular weight is 564 g/mol. The summed E-state index contributed by atoms with van der Waals surface area (Å²) in [6.07, 6.45) is 3.24. The number of carbonyl (C=O) groups is 5. The number of aliphatic hydroxyl groups is 1. The van der Waals surface area contributed by atoms with E-state index in [1.54, 1.807) is 30.3 Å². The third-order valence-electron chi connectivity index (χ3n) is 6.83. The molecule has 0 aliphatic carbocycles. The lowest BCUT2D eigenvalue weighted by atomic mass is 9.89. The molecule has 0 unspecified atom stereocenters. The Labute approximate surface area is 240 Å². The van der Waals surface area contributed by atoms with Crippen molar-refractivity contribution in [2.45, 2.75) is 64.0 Å². The summed E-state index contributed by atoms with van der Waals surface area (Å²) in [5, 5.41) is 8.87. The van der Waals surface area contributed by atoms with E-state index in [9.17, 15) is 24.0 Å². The van der Waals surface area contributed by atoms with Gasteiger partial charge in [-0.2, -0.15) is 0 Å². The number of hydrogen-bond acceptors (Lipinski definition) is 8. The van der Waals surface area contributed by atoms with Gasteiger partial charge in [0.15, 0.2) is 17.7 Å². The predicted molar refractivity (Wildman–Crippen MR) is 151 cm³/mol. The smallest absolute Gasteiger partial charge is 0.416 e. The number of imide groups is 1. The van der Waals surface area contributed by atoms with E-state index in [0.717, 1.165) is 42.4 Å². The Morgan fingerprint density at radius 3 is 2.22 bits per heavy atom. The van der Waals surface area contributed by atoms with E-state index >= 15 is 0 Å². The number of aliphatic hydroxyl groups excluding tert-OH is 1. The molecule has 3 rings (SSSR count). The van der Waals surface area contributed by atoms with Gasteiger partial charge in [0.2, 0.25) is 5.91 Å². The van der Waals surface area contributed by atoms with Gasteiger partial charge in [-0.15, -0.1) is 0 Å². The summed E-state index contributed by atoms with van der Waals surface area (Å²) in [6.45, 7) is 1.23. The van der Waals surface area contributed by atoms with Crippen molar-refractivity contribution in [2.75, 3.05) is 13.2 Å². The van der Waals surface area contributed by atoms with Crippen LogP contribution in [0.4, 0.5) is 4.79 Å². The second kappa shape index (κ2) is 16.2. The van der Waals surface area contributed by atoms with E-state index in [-0.39, 0.29) is 31.8 Å². The standard InChI is InChI=1S/C32H37NO8/c1-23(35)41-30(29(37)18-17-27(36)16-10-2-3-11-19-34)28(21-25-14-8-5-9-15-25)31(38)33-26(22-40-32(33)39)20-24-12-6-4-7-13-24/h4-9,12-15,17-18,26,28,30,34H,2-3,10-11,16,19-22H2,1H3/t26-,28-,30-/m1/s1. The summed E-state index contributed by atoms with van der Waals surface area (Å²) in [7, 11) is 0. The number of amides is 2. The first-order valence-corrected chi connectivity index (χ1v) is 13.9. The van der Waals surface area contributed by atoms with Crippen molar-refractivity contribution in [1.82, 2.24) is 4.90 Å². The molecule has 0 bridgehead atoms. The van der Waals surface area contributed by atoms with Crippen LogP contribution >= 0.6 is 0 Å². The van der Waals surface area contributed by atoms with Crippen molar-refractivity contribution in [3.8, 4) is 0 Å². The summed E-state index contributed by atoms with van der Waals surface area (Å²) in [5.41, 5.74) is 1.60. The van der Waals surface area contributed by atoms with Gasteiger partial charge in [-0.1, -0.05) is 73.5 Å². The number of ether oxygens (including phenoxy) is 2. The number of benzene rings is 2. The number of cyclic esters (lactones) is 1. The Morgan fingerprint density at radius 2 is 1.59 bits per heavy atom. The molecule has 1 saturated heterocycles. The fourth-order valence-corrected chi connectivity index (χ4v) is 4.77. The fraction of sp³-hybridized carbons (Fsp3) is 0.406. The SMILES string of the molecule is CC(=O)O[C@@H](C(=O)C=CC(=O)CCCCCCO)[C@@H](Cc1ccccc1)C(=O)N1C(=O)OC[C@H]1Cc1ccccc1. The van der Waals surface area contributed by atoms with Crippen molar-refractivity contribution in [2.24, 2.45) is 5.92 Å². The molecule has 3 atom stereocenters. The first-order chi connectivity index (χ1) is 19.8. The van der Waals surface area contributed by atoms with E-state index in [0.29, 0.717) is 24.8 Å². The van der Waals surface area contributed by atoms with Gasteiger partial charge < -0.3 is 14.6 Å². The minimum Gasteiger partial charge on any atom is -0.453 e. The molecule has 0 aromatic heterocycles. The van der Waals surface area contributed by atoms with E-state index in [1.807, 2.05) is 30.3 Å². The van der Waals surface area contributed by atoms with Crippen LogP contribution in [0.25, 0.3) is 0 Å². The van der Waals surface area contributed by atoms with Gasteiger partial charge in [-0.25, -0.2) is 9.69 Å². The molecule has 0 spiro atoms. The summed E-state index contributed by atoms with van der Waals surface area (Å²) < 4.78 is 10.6. The number of unbranched alkanes of at least 4 members (excludes halogenated alkanes) is 3. The van der Waals surface area contributed by atoms with Gasteiger partial charge in [0, 0.05) is 20.0 Å². The minimum absolute atomic E-state index is 0.00356. The van der Waals surface area contributed by atoms with Gasteiger partial charge >= 0.3 is 12.1 Å². The van der Waals surface area contributed by atoms with Gasteiger partial charge in [0.25, 0.3) is 0 Å². The molecule has 9 nitrogen and oxygen atoms in total. The van der Waals surface area contributed by atoms with E-state index in [4.69, 9.17) is 14.6 Å². The summed E-state index contributed by atoms with van der Waals surface area (Å²) in [5.74, 6) is -3.71. The molecular formula is C32H37NO8. The van der Waals surface area contributed by atoms with Gasteiger partial charge in [0.05, 0.1) is 12.0 Å². The normalized spacial score (nSPS) is 16.3. The molecule has 218 valence electrons. The molecule has 1 N–H and O–H groups in total. The highest BCUT2D eigenvalue weighted by Crippen LogP contribution is 2.26. The summed E-state index contributed by atoms with van der Waals surface area (Å²) >= 11 is 0. The third-order valence-corrected chi connectivity index (χ3v) is 6.83. The second-order valence-electron chi connectivity index (χ2n) is 10.0. The molecule has 1 fully saturated rings. The van der Waals surface area contributed by atoms with Crippen LogP contribution in [-0.4, -0.2) is 64.9 Å². The quantitative estimate of drug-likeness (QED) is 0.184. The van der Waals surface area contributed by atoms with Crippen LogP contribution in [0.1, 0.15) is 50.2 Å². The maximum Gasteiger partial charge on any atom is 0.416 e. The number of rotatable bonds is 16. The van der Waals surface area contributed by atoms with Crippen LogP contribution in [0.15, 0.2) is 72.8 Å². The zero-order valence-corrected chi connectivity index (χ0v) is 23.3. The first-order valence-electron chi connectivity index (χ1n) is 13.9. The number of hydrogen-bond donors (Lipinski definition) is 1. The van der Waals surface area contributed by atoms with Gasteiger partial charge in [-0.3, -0.25) is 19.2 Å². The lowest BCUT2D eigenvalue weighted by molar-refractivity contribution is -0.158. The van der Waals surface area contributed by atoms with Crippen molar-refractivity contribution in [1.29, 1.82) is 0 Å². The van der Waals surface area contributed by atoms with Gasteiger partial charge in [0.1, 0.15) is 6.61 Å². The number of esters is 1. The Morgan fingerprint density at radius 1 is 0.951 bits per heavy atom. The van der Waals surface area contributed by atoms with Crippen molar-refractivity contribution in [3.05, 3.63) is 83.9 Å². The van der Waals surface area contributed by atoms with E-state index in [2.05, 4.69) is 0 Å². The average Bonchev–Trinajstić information content (AvgIpc) is 3.33. The van der Waals surface area contributed by atoms with Gasteiger partial charge in [-0.05, 0) is 49.0 Å². The molecule has 9 heteroatoms. The largest absolute Gasteiger partial charge is 0.453 e. The summed E-state index contributed by atoms with van der Waals surface area (Å²) in [6, 6.07) is 17.6. The summed E-state index contributed by atoms with van der Waals surface area (Å²) in [4.78, 5) is 65.7. The second-order valence-corrected chi connectivity index (χ2v) is 10.0. The molecule has 41 heavy (non-hydrogen) atoms. The molecule has 2 aromatic carbocycles. The monoisotopic (exact) mass is 563 g/mol. The van der Waals surface area contributed by atoms with Crippen LogP contribution in [0.2, 0.25) is 0 Å². The van der Waals surface area contributed by atoms with Crippen LogP contribution in [-0.2, 0) is 41.5 Å². The molecule has 2 amide bonds. The number of ketones is 2. The highest BCUT2D eigenvalue weighted by molar-refractivity contribution is 6.04. The molecule has 1 aliphatic rings. The zero-order valence-electron chi connectivity index (χ0n) is 23.3. The third kappa shape index (κ3) is 9.79. The number of carbonyl (C=O) groups excluding carboxylic acids is 5. The van der Waals surface area contributed by atoms with Crippen LogP contribution < -0.4 is 0 Å². The molecule has 2 aromatic rings. The lowest BCUT2D eigenvalue weighted by Crippen LogP contribution is -2.49. The minimum atomic E-state index is -1.56. The van der Waals surface area contributed by atoms with Crippen molar-refractivity contribution in [3.63, 3.8) is 0 Å². The maximum absolute atomic E-state index is 14.0. The van der Waals surface area contributed by atoms with Crippen molar-refractivity contribution < 1.29 is 38.6 Å². The molecule has 0 saturated carbocycles. The first kappa shape index (κ1) is 31.4. The Balaban J connectivity index is 1.85.